The topological polar surface area (TPSA) is 90.2 Å². The molecule has 0 saturated heterocycles. The molecular weight excluding hydrogens is 271 g/mol. The van der Waals surface area contributed by atoms with Crippen molar-refractivity contribution in [2.45, 2.75) is 30.7 Å². The highest BCUT2D eigenvalue weighted by molar-refractivity contribution is 7.89. The number of aliphatic hydroxyl groups is 1. The number of hydrogen-bond donors (Lipinski definition) is 2. The zero-order valence-corrected chi connectivity index (χ0v) is 11.5. The van der Waals surface area contributed by atoms with Crippen LogP contribution >= 0.6 is 0 Å². The molecule has 0 bridgehead atoms. The molecule has 1 aromatic carbocycles. The molecule has 0 heterocycles. The van der Waals surface area contributed by atoms with Crippen molar-refractivity contribution >= 4 is 10.0 Å². The van der Waals surface area contributed by atoms with Crippen molar-refractivity contribution < 1.29 is 17.9 Å². The van der Waals surface area contributed by atoms with Gasteiger partial charge in [-0.25, -0.2) is 17.5 Å². The predicted octanol–water partition coefficient (Wildman–Crippen LogP) is 1.14. The third-order valence-corrected chi connectivity index (χ3v) is 4.21. The van der Waals surface area contributed by atoms with E-state index in [0.29, 0.717) is 0 Å². The molecule has 1 aromatic rings. The molecule has 0 unspecified atom stereocenters. The van der Waals surface area contributed by atoms with Gasteiger partial charge in [-0.1, -0.05) is 0 Å². The summed E-state index contributed by atoms with van der Waals surface area (Å²) < 4.78 is 39.7. The number of nitrogens with zero attached hydrogens (tertiary/aromatic N) is 1. The quantitative estimate of drug-likeness (QED) is 0.849. The molecule has 0 aromatic heterocycles. The average molecular weight is 286 g/mol. The van der Waals surface area contributed by atoms with Crippen LogP contribution in [0.25, 0.3) is 0 Å². The van der Waals surface area contributed by atoms with Crippen LogP contribution < -0.4 is 4.72 Å². The number of nitrogens with one attached hydrogen (secondary N) is 1. The molecule has 7 heteroatoms. The van der Waals surface area contributed by atoms with E-state index >= 15 is 0 Å². The van der Waals surface area contributed by atoms with Gasteiger partial charge in [0.15, 0.2) is 0 Å². The number of halogens is 1. The molecule has 19 heavy (non-hydrogen) atoms. The molecule has 0 aliphatic heterocycles. The highest BCUT2D eigenvalue weighted by Crippen LogP contribution is 2.18. The van der Waals surface area contributed by atoms with E-state index < -0.39 is 21.4 Å². The zero-order valence-electron chi connectivity index (χ0n) is 10.6. The Kier molecular flexibility index (Phi) is 4.63. The first kappa shape index (κ1) is 15.6. The molecule has 104 valence electrons. The third-order valence-electron chi connectivity index (χ3n) is 2.52. The van der Waals surface area contributed by atoms with E-state index in [0.717, 1.165) is 18.2 Å². The minimum Gasteiger partial charge on any atom is -0.396 e. The fourth-order valence-corrected chi connectivity index (χ4v) is 2.98. The molecule has 0 aliphatic carbocycles. The highest BCUT2D eigenvalue weighted by atomic mass is 32.2. The van der Waals surface area contributed by atoms with E-state index in [-0.39, 0.29) is 23.5 Å². The fourth-order valence-electron chi connectivity index (χ4n) is 1.51. The van der Waals surface area contributed by atoms with Crippen LogP contribution in [0.4, 0.5) is 4.39 Å². The second-order valence-electron chi connectivity index (χ2n) is 4.72. The van der Waals surface area contributed by atoms with Crippen LogP contribution in [0.3, 0.4) is 0 Å². The van der Waals surface area contributed by atoms with Crippen LogP contribution in [0.5, 0.6) is 0 Å². The summed E-state index contributed by atoms with van der Waals surface area (Å²) in [6.45, 7) is 3.08. The van der Waals surface area contributed by atoms with Gasteiger partial charge in [0.2, 0.25) is 10.0 Å². The van der Waals surface area contributed by atoms with Gasteiger partial charge in [0.05, 0.1) is 10.5 Å². The molecule has 0 spiro atoms. The van der Waals surface area contributed by atoms with E-state index in [9.17, 15) is 12.8 Å². The lowest BCUT2D eigenvalue weighted by atomic mass is 10.0. The number of benzene rings is 1. The Morgan fingerprint density at radius 1 is 1.47 bits per heavy atom. The Morgan fingerprint density at radius 3 is 2.63 bits per heavy atom. The normalized spacial score (nSPS) is 12.2. The number of rotatable bonds is 5. The van der Waals surface area contributed by atoms with Crippen LogP contribution in [0.1, 0.15) is 25.8 Å². The zero-order chi connectivity index (χ0) is 14.7. The summed E-state index contributed by atoms with van der Waals surface area (Å²) in [6.07, 6.45) is 0.235. The van der Waals surface area contributed by atoms with Gasteiger partial charge < -0.3 is 5.11 Å². The first-order valence-corrected chi connectivity index (χ1v) is 7.05. The van der Waals surface area contributed by atoms with Crippen molar-refractivity contribution in [3.8, 4) is 6.07 Å². The molecule has 0 atom stereocenters. The Morgan fingerprint density at radius 2 is 2.11 bits per heavy atom. The van der Waals surface area contributed by atoms with Gasteiger partial charge in [0.25, 0.3) is 0 Å². The molecule has 2 N–H and O–H groups in total. The van der Waals surface area contributed by atoms with Crippen LogP contribution in [-0.2, 0) is 10.0 Å². The minimum atomic E-state index is -3.87. The van der Waals surface area contributed by atoms with Crippen LogP contribution in [0.2, 0.25) is 0 Å². The van der Waals surface area contributed by atoms with E-state index in [1.165, 1.54) is 0 Å². The molecule has 1 rings (SSSR count). The lowest BCUT2D eigenvalue weighted by Gasteiger charge is -2.25. The fraction of sp³-hybridized carbons (Fsp3) is 0.417. The third kappa shape index (κ3) is 3.99. The van der Waals surface area contributed by atoms with Crippen LogP contribution in [0.15, 0.2) is 23.1 Å². The van der Waals surface area contributed by atoms with Gasteiger partial charge in [0.1, 0.15) is 11.9 Å². The van der Waals surface area contributed by atoms with Crippen molar-refractivity contribution in [3.05, 3.63) is 29.6 Å². The van der Waals surface area contributed by atoms with E-state index in [1.54, 1.807) is 19.9 Å². The van der Waals surface area contributed by atoms with Gasteiger partial charge in [-0.3, -0.25) is 0 Å². The van der Waals surface area contributed by atoms with Gasteiger partial charge in [-0.2, -0.15) is 5.26 Å². The molecule has 0 amide bonds. The standard InChI is InChI=1S/C12H15FN2O3S/c1-12(2,5-6-16)15-19(17,18)10-3-4-11(13)9(7-10)8-14/h3-4,7,15-16H,5-6H2,1-2H3. The number of nitriles is 1. The molecule has 5 nitrogen and oxygen atoms in total. The van der Waals surface area contributed by atoms with Crippen molar-refractivity contribution in [2.75, 3.05) is 6.61 Å². The SMILES string of the molecule is CC(C)(CCO)NS(=O)(=O)c1ccc(F)c(C#N)c1. The second-order valence-corrected chi connectivity index (χ2v) is 6.40. The molecule has 0 saturated carbocycles. The van der Waals surface area contributed by atoms with E-state index in [2.05, 4.69) is 4.72 Å². The number of sulfonamides is 1. The smallest absolute Gasteiger partial charge is 0.241 e. The number of hydrogen-bond acceptors (Lipinski definition) is 4. The lowest BCUT2D eigenvalue weighted by molar-refractivity contribution is 0.246. The number of aliphatic hydroxyl groups excluding tert-OH is 1. The Labute approximate surface area is 111 Å². The molecular formula is C12H15FN2O3S. The Balaban J connectivity index is 3.12. The maximum absolute atomic E-state index is 13.1. The minimum absolute atomic E-state index is 0.164. The van der Waals surface area contributed by atoms with E-state index in [4.69, 9.17) is 10.4 Å². The molecule has 0 fully saturated rings. The summed E-state index contributed by atoms with van der Waals surface area (Å²) in [7, 11) is -3.87. The summed E-state index contributed by atoms with van der Waals surface area (Å²) in [5.74, 6) is -0.768. The summed E-state index contributed by atoms with van der Waals surface area (Å²) in [6, 6.07) is 4.59. The predicted molar refractivity (Wildman–Crippen MR) is 67.2 cm³/mol. The van der Waals surface area contributed by atoms with Crippen LogP contribution in [-0.4, -0.2) is 25.7 Å². The largest absolute Gasteiger partial charge is 0.396 e. The molecule has 0 aliphatic rings. The summed E-state index contributed by atoms with van der Waals surface area (Å²) in [5, 5.41) is 17.5. The Bertz CT molecular complexity index is 606. The van der Waals surface area contributed by atoms with Crippen LogP contribution in [0, 0.1) is 17.1 Å². The van der Waals surface area contributed by atoms with E-state index in [1.807, 2.05) is 0 Å². The van der Waals surface area contributed by atoms with Crippen molar-refractivity contribution in [3.63, 3.8) is 0 Å². The maximum atomic E-state index is 13.1. The van der Waals surface area contributed by atoms with Crippen molar-refractivity contribution in [1.29, 1.82) is 5.26 Å². The summed E-state index contributed by atoms with van der Waals surface area (Å²) in [4.78, 5) is -0.184. The summed E-state index contributed by atoms with van der Waals surface area (Å²) >= 11 is 0. The van der Waals surface area contributed by atoms with Gasteiger partial charge in [0, 0.05) is 12.1 Å². The Hall–Kier alpha value is -1.49. The van der Waals surface area contributed by atoms with Gasteiger partial charge in [-0.05, 0) is 38.5 Å². The highest BCUT2D eigenvalue weighted by Gasteiger charge is 2.26. The first-order valence-electron chi connectivity index (χ1n) is 5.56. The average Bonchev–Trinajstić information content (AvgIpc) is 2.27. The second kappa shape index (κ2) is 5.65. The lowest BCUT2D eigenvalue weighted by Crippen LogP contribution is -2.43. The monoisotopic (exact) mass is 286 g/mol. The molecule has 0 radical (unpaired) electrons. The first-order chi connectivity index (χ1) is 8.72. The van der Waals surface area contributed by atoms with Crippen molar-refractivity contribution in [1.82, 2.24) is 4.72 Å². The van der Waals surface area contributed by atoms with Crippen molar-refractivity contribution in [2.24, 2.45) is 0 Å². The van der Waals surface area contributed by atoms with Gasteiger partial charge in [-0.15, -0.1) is 0 Å². The van der Waals surface area contributed by atoms with Gasteiger partial charge >= 0.3 is 0 Å². The maximum Gasteiger partial charge on any atom is 0.241 e. The summed E-state index contributed by atoms with van der Waals surface area (Å²) in [5.41, 5.74) is -1.17.